The summed E-state index contributed by atoms with van der Waals surface area (Å²) in [6.45, 7) is 8.84. The number of carbonyl (C=O) groups excluding carboxylic acids is 4. The van der Waals surface area contributed by atoms with Crippen molar-refractivity contribution in [2.75, 3.05) is 0 Å². The van der Waals surface area contributed by atoms with E-state index in [0.717, 1.165) is 18.4 Å². The predicted molar refractivity (Wildman–Crippen MR) is 113 cm³/mol. The third kappa shape index (κ3) is 3.46. The summed E-state index contributed by atoms with van der Waals surface area (Å²) in [6, 6.07) is 0. The van der Waals surface area contributed by atoms with Gasteiger partial charge in [0.25, 0.3) is 0 Å². The number of fused-ring (bicyclic) bond motifs is 5. The molecule has 0 aliphatic heterocycles. The van der Waals surface area contributed by atoms with Gasteiger partial charge in [-0.05, 0) is 73.3 Å². The van der Waals surface area contributed by atoms with E-state index in [1.165, 1.54) is 13.8 Å². The maximum absolute atomic E-state index is 12.5. The number of ketones is 2. The van der Waals surface area contributed by atoms with E-state index in [2.05, 4.69) is 13.8 Å². The number of carbonyl (C=O) groups is 4. The molecule has 4 aliphatic carbocycles. The van der Waals surface area contributed by atoms with Gasteiger partial charge in [0.2, 0.25) is 0 Å². The molecular weight excluding hydrogens is 396 g/mol. The van der Waals surface area contributed by atoms with Gasteiger partial charge in [-0.2, -0.15) is 0 Å². The van der Waals surface area contributed by atoms with Crippen LogP contribution in [0.25, 0.3) is 0 Å². The highest BCUT2D eigenvalue weighted by molar-refractivity contribution is 5.92. The Kier molecular flexibility index (Phi) is 5.42. The van der Waals surface area contributed by atoms with Crippen molar-refractivity contribution in [1.29, 1.82) is 0 Å². The molecule has 0 saturated heterocycles. The first kappa shape index (κ1) is 22.2. The van der Waals surface area contributed by atoms with Gasteiger partial charge in [-0.15, -0.1) is 0 Å². The second-order valence-electron chi connectivity index (χ2n) is 10.7. The third-order valence-corrected chi connectivity index (χ3v) is 8.98. The number of ether oxygens (including phenoxy) is 2. The molecule has 6 nitrogen and oxygen atoms in total. The van der Waals surface area contributed by atoms with Crippen LogP contribution >= 0.6 is 0 Å². The first-order valence-corrected chi connectivity index (χ1v) is 11.6. The zero-order chi connectivity index (χ0) is 22.7. The Hall–Kier alpha value is -1.98. The standard InChI is InChI=1S/C25H34O6/c1-13(26)18-6-7-19-17-11-21(30-14(2)27)20-10-16(29)8-9-24(20,4)23(17)22(31-15(3)28)12-25(18,19)5/h10,17-19,21-23H,6-9,11-12H2,1-5H3/t17-,18-,19-,21+,22+,23+,24+,25+/m0/s1. The van der Waals surface area contributed by atoms with Gasteiger partial charge in [0, 0.05) is 32.1 Å². The van der Waals surface area contributed by atoms with Crippen molar-refractivity contribution in [2.24, 2.45) is 34.5 Å². The monoisotopic (exact) mass is 430 g/mol. The smallest absolute Gasteiger partial charge is 0.303 e. The van der Waals surface area contributed by atoms with Crippen LogP contribution in [-0.4, -0.2) is 35.7 Å². The summed E-state index contributed by atoms with van der Waals surface area (Å²) in [5.74, 6) is 0.0592. The zero-order valence-electron chi connectivity index (χ0n) is 19.2. The Balaban J connectivity index is 1.83. The Morgan fingerprint density at radius 1 is 1.03 bits per heavy atom. The molecule has 170 valence electrons. The number of hydrogen-bond donors (Lipinski definition) is 0. The second kappa shape index (κ2) is 7.56. The van der Waals surface area contributed by atoms with Gasteiger partial charge in [0.15, 0.2) is 5.78 Å². The summed E-state index contributed by atoms with van der Waals surface area (Å²) in [7, 11) is 0. The Bertz CT molecular complexity index is 858. The normalized spacial score (nSPS) is 43.8. The molecule has 0 aromatic carbocycles. The quantitative estimate of drug-likeness (QED) is 0.633. The molecule has 0 N–H and O–H groups in total. The van der Waals surface area contributed by atoms with Crippen LogP contribution in [0.4, 0.5) is 0 Å². The summed E-state index contributed by atoms with van der Waals surface area (Å²) >= 11 is 0. The van der Waals surface area contributed by atoms with E-state index in [0.29, 0.717) is 31.6 Å². The zero-order valence-corrected chi connectivity index (χ0v) is 19.2. The van der Waals surface area contributed by atoms with Crippen LogP contribution in [0, 0.1) is 34.5 Å². The lowest BCUT2D eigenvalue weighted by Gasteiger charge is -2.61. The molecule has 0 amide bonds. The van der Waals surface area contributed by atoms with E-state index in [-0.39, 0.29) is 58.2 Å². The minimum absolute atomic E-state index is 0.0404. The van der Waals surface area contributed by atoms with Gasteiger partial charge in [-0.1, -0.05) is 13.8 Å². The van der Waals surface area contributed by atoms with Crippen molar-refractivity contribution in [2.45, 2.75) is 85.4 Å². The molecule has 3 fully saturated rings. The Morgan fingerprint density at radius 2 is 1.71 bits per heavy atom. The minimum Gasteiger partial charge on any atom is -0.462 e. The number of esters is 2. The van der Waals surface area contributed by atoms with Gasteiger partial charge in [-0.3, -0.25) is 19.2 Å². The molecule has 0 radical (unpaired) electrons. The Morgan fingerprint density at radius 3 is 2.32 bits per heavy atom. The summed E-state index contributed by atoms with van der Waals surface area (Å²) in [5.41, 5.74) is 0.255. The predicted octanol–water partition coefficient (Wildman–Crippen LogP) is 3.81. The average molecular weight is 431 g/mol. The van der Waals surface area contributed by atoms with Crippen LogP contribution in [0.5, 0.6) is 0 Å². The summed E-state index contributed by atoms with van der Waals surface area (Å²) < 4.78 is 11.7. The summed E-state index contributed by atoms with van der Waals surface area (Å²) in [6.07, 6.45) is 5.11. The molecule has 3 saturated carbocycles. The fraction of sp³-hybridized carbons (Fsp3) is 0.760. The number of hydrogen-bond acceptors (Lipinski definition) is 6. The first-order chi connectivity index (χ1) is 14.5. The highest BCUT2D eigenvalue weighted by Crippen LogP contribution is 2.67. The van der Waals surface area contributed by atoms with Gasteiger partial charge >= 0.3 is 11.9 Å². The molecule has 0 spiro atoms. The number of rotatable bonds is 3. The molecule has 0 unspecified atom stereocenters. The van der Waals surface area contributed by atoms with Crippen LogP contribution in [0.2, 0.25) is 0 Å². The average Bonchev–Trinajstić information content (AvgIpc) is 2.99. The maximum Gasteiger partial charge on any atom is 0.303 e. The van der Waals surface area contributed by atoms with Gasteiger partial charge < -0.3 is 9.47 Å². The maximum atomic E-state index is 12.5. The van der Waals surface area contributed by atoms with Crippen molar-refractivity contribution in [3.05, 3.63) is 11.6 Å². The molecule has 31 heavy (non-hydrogen) atoms. The molecule has 6 heteroatoms. The molecule has 4 rings (SSSR count). The summed E-state index contributed by atoms with van der Waals surface area (Å²) in [5, 5.41) is 0. The van der Waals surface area contributed by atoms with Crippen molar-refractivity contribution < 1.29 is 28.7 Å². The second-order valence-corrected chi connectivity index (χ2v) is 10.7. The van der Waals surface area contributed by atoms with Crippen molar-refractivity contribution in [1.82, 2.24) is 0 Å². The highest BCUT2D eigenvalue weighted by Gasteiger charge is 2.65. The van der Waals surface area contributed by atoms with Crippen LogP contribution < -0.4 is 0 Å². The lowest BCUT2D eigenvalue weighted by atomic mass is 9.45. The molecule has 0 bridgehead atoms. The fourth-order valence-corrected chi connectivity index (χ4v) is 7.98. The van der Waals surface area contributed by atoms with Gasteiger partial charge in [-0.25, -0.2) is 0 Å². The summed E-state index contributed by atoms with van der Waals surface area (Å²) in [4.78, 5) is 48.9. The van der Waals surface area contributed by atoms with Crippen LogP contribution in [0.1, 0.15) is 73.1 Å². The minimum atomic E-state index is -0.440. The SMILES string of the molecule is CC(=O)O[C@@H]1C[C@@H]2[C@H]([C@H](OC(C)=O)C[C@]3(C)[C@H](C(C)=O)CC[C@@H]23)[C@]2(C)CCC(=O)C=C12. The third-order valence-electron chi connectivity index (χ3n) is 8.98. The lowest BCUT2D eigenvalue weighted by molar-refractivity contribution is -0.184. The molecule has 0 aromatic heterocycles. The van der Waals surface area contributed by atoms with E-state index in [1.54, 1.807) is 13.0 Å². The van der Waals surface area contributed by atoms with E-state index in [4.69, 9.17) is 9.47 Å². The van der Waals surface area contributed by atoms with Crippen LogP contribution in [0.3, 0.4) is 0 Å². The van der Waals surface area contributed by atoms with Crippen molar-refractivity contribution >= 4 is 23.5 Å². The largest absolute Gasteiger partial charge is 0.462 e. The first-order valence-electron chi connectivity index (χ1n) is 11.6. The molecule has 0 aromatic rings. The topological polar surface area (TPSA) is 86.7 Å². The van der Waals surface area contributed by atoms with E-state index < -0.39 is 6.10 Å². The molecular formula is C25H34O6. The lowest BCUT2D eigenvalue weighted by Crippen LogP contribution is -2.60. The van der Waals surface area contributed by atoms with Gasteiger partial charge in [0.1, 0.15) is 18.0 Å². The van der Waals surface area contributed by atoms with Crippen molar-refractivity contribution in [3.8, 4) is 0 Å². The van der Waals surface area contributed by atoms with Crippen LogP contribution in [0.15, 0.2) is 11.6 Å². The molecule has 8 atom stereocenters. The Labute approximate surface area is 184 Å². The molecule has 4 aliphatic rings. The van der Waals surface area contributed by atoms with Crippen molar-refractivity contribution in [3.63, 3.8) is 0 Å². The van der Waals surface area contributed by atoms with E-state index in [1.807, 2.05) is 0 Å². The van der Waals surface area contributed by atoms with E-state index in [9.17, 15) is 19.2 Å². The highest BCUT2D eigenvalue weighted by atomic mass is 16.5. The van der Waals surface area contributed by atoms with Gasteiger partial charge in [0.05, 0.1) is 0 Å². The van der Waals surface area contributed by atoms with Crippen LogP contribution in [-0.2, 0) is 28.7 Å². The fourth-order valence-electron chi connectivity index (χ4n) is 7.98. The molecule has 0 heterocycles. The number of Topliss-reactive ketones (excluding diaryl/α,β-unsaturated/α-hetero) is 1. The van der Waals surface area contributed by atoms with E-state index >= 15 is 0 Å².